The molecule has 1 aromatic rings. The molecule has 0 atom stereocenters. The summed E-state index contributed by atoms with van der Waals surface area (Å²) in [6.07, 6.45) is -4.85. The van der Waals surface area contributed by atoms with Gasteiger partial charge >= 0.3 is 6.36 Å². The van der Waals surface area contributed by atoms with E-state index in [0.29, 0.717) is 0 Å². The minimum absolute atomic E-state index is 0.00132. The first-order valence-corrected chi connectivity index (χ1v) is 5.06. The number of hydrogen-bond acceptors (Lipinski definition) is 3. The molecule has 8 heteroatoms. The first-order valence-electron chi connectivity index (χ1n) is 3.98. The Morgan fingerprint density at radius 3 is 2.50 bits per heavy atom. The second kappa shape index (κ2) is 5.13. The normalized spacial score (nSPS) is 11.6. The molecular formula is C8H6F4INO2. The Kier molecular flexibility index (Phi) is 4.30. The van der Waals surface area contributed by atoms with Crippen LogP contribution in [-0.2, 0) is 13.3 Å². The number of halogens is 5. The second-order valence-electron chi connectivity index (χ2n) is 2.72. The topological polar surface area (TPSA) is 42.4 Å². The van der Waals surface area contributed by atoms with Crippen LogP contribution in [0.2, 0.25) is 0 Å². The largest absolute Gasteiger partial charge is 0.573 e. The zero-order chi connectivity index (χ0) is 12.3. The predicted molar refractivity (Wildman–Crippen MR) is 54.4 cm³/mol. The summed E-state index contributed by atoms with van der Waals surface area (Å²) in [6, 6.07) is 0.883. The van der Waals surface area contributed by atoms with E-state index in [1.807, 2.05) is 0 Å². The molecule has 0 radical (unpaired) electrons. The van der Waals surface area contributed by atoms with Crippen molar-refractivity contribution >= 4 is 22.6 Å². The van der Waals surface area contributed by atoms with E-state index in [-0.39, 0.29) is 15.0 Å². The van der Waals surface area contributed by atoms with Crippen molar-refractivity contribution in [3.8, 4) is 5.75 Å². The van der Waals surface area contributed by atoms with Crippen LogP contribution in [0.1, 0.15) is 11.3 Å². The number of aliphatic hydroxyl groups is 1. The van der Waals surface area contributed by atoms with Crippen molar-refractivity contribution in [3.05, 3.63) is 21.0 Å². The van der Waals surface area contributed by atoms with E-state index >= 15 is 0 Å². The van der Waals surface area contributed by atoms with Crippen LogP contribution in [0.4, 0.5) is 17.6 Å². The van der Waals surface area contributed by atoms with E-state index in [2.05, 4.69) is 9.72 Å². The van der Waals surface area contributed by atoms with Gasteiger partial charge < -0.3 is 9.84 Å². The number of rotatable bonds is 3. The van der Waals surface area contributed by atoms with Gasteiger partial charge in [0.2, 0.25) is 0 Å². The molecule has 90 valence electrons. The van der Waals surface area contributed by atoms with Crippen LogP contribution >= 0.6 is 22.6 Å². The minimum Gasteiger partial charge on any atom is -0.403 e. The van der Waals surface area contributed by atoms with Gasteiger partial charge in [0.15, 0.2) is 5.75 Å². The van der Waals surface area contributed by atoms with E-state index < -0.39 is 25.4 Å². The molecular weight excluding hydrogens is 345 g/mol. The quantitative estimate of drug-likeness (QED) is 0.517. The van der Waals surface area contributed by atoms with Crippen molar-refractivity contribution in [3.63, 3.8) is 0 Å². The highest BCUT2D eigenvalue weighted by Crippen LogP contribution is 2.28. The van der Waals surface area contributed by atoms with Gasteiger partial charge in [0.25, 0.3) is 0 Å². The number of aromatic nitrogens is 1. The van der Waals surface area contributed by atoms with Crippen LogP contribution in [0.15, 0.2) is 6.07 Å². The molecule has 16 heavy (non-hydrogen) atoms. The molecule has 1 aromatic heterocycles. The third kappa shape index (κ3) is 3.44. The van der Waals surface area contributed by atoms with E-state index in [9.17, 15) is 17.6 Å². The molecule has 0 saturated carbocycles. The maximum atomic E-state index is 12.4. The summed E-state index contributed by atoms with van der Waals surface area (Å²) in [5, 5.41) is 8.80. The maximum absolute atomic E-state index is 12.4. The first kappa shape index (κ1) is 13.4. The van der Waals surface area contributed by atoms with Crippen molar-refractivity contribution in [1.29, 1.82) is 0 Å². The average molecular weight is 351 g/mol. The van der Waals surface area contributed by atoms with Gasteiger partial charge in [-0.15, -0.1) is 13.2 Å². The van der Waals surface area contributed by atoms with Crippen LogP contribution in [-0.4, -0.2) is 16.5 Å². The third-order valence-electron chi connectivity index (χ3n) is 1.63. The van der Waals surface area contributed by atoms with Gasteiger partial charge in [0.05, 0.1) is 12.3 Å². The van der Waals surface area contributed by atoms with E-state index in [1.54, 1.807) is 0 Å². The summed E-state index contributed by atoms with van der Waals surface area (Å²) in [4.78, 5) is 3.62. The number of hydrogen-bond donors (Lipinski definition) is 1. The van der Waals surface area contributed by atoms with Crippen molar-refractivity contribution in [1.82, 2.24) is 4.98 Å². The van der Waals surface area contributed by atoms with Gasteiger partial charge in [-0.2, -0.15) is 0 Å². The number of aliphatic hydroxyl groups excluding tert-OH is 1. The Balaban J connectivity index is 3.11. The van der Waals surface area contributed by atoms with Gasteiger partial charge in [-0.3, -0.25) is 0 Å². The van der Waals surface area contributed by atoms with Crippen LogP contribution in [0.3, 0.4) is 0 Å². The summed E-state index contributed by atoms with van der Waals surface area (Å²) in [5.74, 6) is -0.571. The smallest absolute Gasteiger partial charge is 0.403 e. The predicted octanol–water partition coefficient (Wildman–Crippen LogP) is 2.55. The highest BCUT2D eigenvalue weighted by atomic mass is 127. The van der Waals surface area contributed by atoms with Crippen LogP contribution in [0.25, 0.3) is 0 Å². The molecule has 0 unspecified atom stereocenters. The molecule has 0 amide bonds. The number of alkyl halides is 4. The summed E-state index contributed by atoms with van der Waals surface area (Å²) >= 11 is 1.51. The van der Waals surface area contributed by atoms with Gasteiger partial charge in [0, 0.05) is 5.56 Å². The molecule has 0 saturated heterocycles. The molecule has 0 aliphatic rings. The van der Waals surface area contributed by atoms with E-state index in [4.69, 9.17) is 5.11 Å². The zero-order valence-electron chi connectivity index (χ0n) is 7.68. The summed E-state index contributed by atoms with van der Waals surface area (Å²) in [6.45, 7) is -1.56. The maximum Gasteiger partial charge on any atom is 0.573 e. The molecule has 0 aliphatic heterocycles. The fourth-order valence-electron chi connectivity index (χ4n) is 0.995. The van der Waals surface area contributed by atoms with Crippen molar-refractivity contribution in [2.24, 2.45) is 0 Å². The Hall–Kier alpha value is -0.640. The molecule has 0 spiro atoms. The van der Waals surface area contributed by atoms with Gasteiger partial charge in [-0.1, -0.05) is 0 Å². The van der Waals surface area contributed by atoms with Crippen molar-refractivity contribution in [2.75, 3.05) is 0 Å². The fraction of sp³-hybridized carbons (Fsp3) is 0.375. The Morgan fingerprint density at radius 2 is 2.06 bits per heavy atom. The van der Waals surface area contributed by atoms with E-state index in [1.165, 1.54) is 22.6 Å². The van der Waals surface area contributed by atoms with Gasteiger partial charge in [0.1, 0.15) is 10.4 Å². The van der Waals surface area contributed by atoms with E-state index in [0.717, 1.165) is 6.07 Å². The lowest BCUT2D eigenvalue weighted by atomic mass is 10.2. The molecule has 0 fully saturated rings. The highest BCUT2D eigenvalue weighted by Gasteiger charge is 2.32. The molecule has 0 bridgehead atoms. The second-order valence-corrected chi connectivity index (χ2v) is 3.74. The molecule has 1 N–H and O–H groups in total. The van der Waals surface area contributed by atoms with Crippen molar-refractivity contribution in [2.45, 2.75) is 19.6 Å². The third-order valence-corrected chi connectivity index (χ3v) is 2.40. The molecule has 3 nitrogen and oxygen atoms in total. The zero-order valence-corrected chi connectivity index (χ0v) is 9.84. The molecule has 0 aliphatic carbocycles. The highest BCUT2D eigenvalue weighted by molar-refractivity contribution is 14.1. The number of pyridine rings is 1. The van der Waals surface area contributed by atoms with Gasteiger partial charge in [-0.05, 0) is 28.7 Å². The monoisotopic (exact) mass is 351 g/mol. The molecule has 0 aromatic carbocycles. The Labute approximate surface area is 102 Å². The Bertz CT molecular complexity index is 383. The Morgan fingerprint density at radius 1 is 1.44 bits per heavy atom. The molecule has 1 heterocycles. The van der Waals surface area contributed by atoms with Crippen LogP contribution in [0.5, 0.6) is 5.75 Å². The lowest BCUT2D eigenvalue weighted by Crippen LogP contribution is -2.18. The summed E-state index contributed by atoms with van der Waals surface area (Å²) in [5.41, 5.74) is -0.122. The minimum atomic E-state index is -4.85. The SMILES string of the molecule is OCc1nc(I)c(OC(F)(F)F)cc1CF. The average Bonchev–Trinajstić information content (AvgIpc) is 2.18. The number of nitrogens with zero attached hydrogens (tertiary/aromatic N) is 1. The van der Waals surface area contributed by atoms with Crippen LogP contribution < -0.4 is 4.74 Å². The standard InChI is InChI=1S/C8H6F4INO2/c9-2-4-1-6(16-8(10,11)12)7(13)14-5(4)3-15/h1,15H,2-3H2. The van der Waals surface area contributed by atoms with Crippen molar-refractivity contribution < 1.29 is 27.4 Å². The van der Waals surface area contributed by atoms with Gasteiger partial charge in [-0.25, -0.2) is 9.37 Å². The summed E-state index contributed by atoms with van der Waals surface area (Å²) in [7, 11) is 0. The first-order chi connectivity index (χ1) is 7.37. The number of ether oxygens (including phenoxy) is 1. The summed E-state index contributed by atoms with van der Waals surface area (Å²) < 4.78 is 51.8. The van der Waals surface area contributed by atoms with Crippen LogP contribution in [0, 0.1) is 3.70 Å². The fourth-order valence-corrected chi connectivity index (χ4v) is 1.55. The molecule has 1 rings (SSSR count). The lowest BCUT2D eigenvalue weighted by Gasteiger charge is -2.12. The lowest BCUT2D eigenvalue weighted by molar-refractivity contribution is -0.275.